The number of benzene rings is 1. The van der Waals surface area contributed by atoms with Crippen molar-refractivity contribution in [2.24, 2.45) is 11.7 Å². The van der Waals surface area contributed by atoms with E-state index in [2.05, 4.69) is 10.4 Å². The minimum absolute atomic E-state index is 0.0348. The second-order valence-electron chi connectivity index (χ2n) is 6.69. The highest BCUT2D eigenvalue weighted by Gasteiger charge is 2.29. The molecule has 2 heterocycles. The molecule has 1 aromatic carbocycles. The molecule has 1 aliphatic heterocycles. The van der Waals surface area contributed by atoms with Crippen molar-refractivity contribution < 1.29 is 9.59 Å². The monoisotopic (exact) mass is 389 g/mol. The fourth-order valence-corrected chi connectivity index (χ4v) is 3.46. The van der Waals surface area contributed by atoms with Crippen LogP contribution in [0.15, 0.2) is 36.7 Å². The minimum atomic E-state index is -0.188. The van der Waals surface area contributed by atoms with Crippen molar-refractivity contribution >= 4 is 23.4 Å². The number of hydrogen-bond donors (Lipinski definition) is 2. The molecule has 0 spiro atoms. The van der Waals surface area contributed by atoms with Crippen LogP contribution in [-0.4, -0.2) is 52.7 Å². The predicted molar refractivity (Wildman–Crippen MR) is 103 cm³/mol. The molecule has 8 heteroatoms. The molecule has 1 aromatic heterocycles. The first-order valence-corrected chi connectivity index (χ1v) is 9.49. The molecule has 1 saturated heterocycles. The van der Waals surface area contributed by atoms with Crippen LogP contribution in [0.25, 0.3) is 0 Å². The van der Waals surface area contributed by atoms with Crippen LogP contribution in [-0.2, 0) is 11.3 Å². The highest BCUT2D eigenvalue weighted by Crippen LogP contribution is 2.20. The smallest absolute Gasteiger partial charge is 0.257 e. The molecule has 2 amide bonds. The fraction of sp³-hybridized carbons (Fsp3) is 0.421. The second-order valence-corrected chi connectivity index (χ2v) is 7.10. The normalized spacial score (nSPS) is 17.0. The number of rotatable bonds is 6. The number of halogens is 1. The molecule has 1 aliphatic rings. The van der Waals surface area contributed by atoms with Crippen molar-refractivity contribution in [3.05, 3.63) is 52.8 Å². The van der Waals surface area contributed by atoms with Gasteiger partial charge >= 0.3 is 0 Å². The summed E-state index contributed by atoms with van der Waals surface area (Å²) in [5, 5.41) is 7.76. The molecular formula is C19H24ClN5O2. The predicted octanol–water partition coefficient (Wildman–Crippen LogP) is 1.51. The summed E-state index contributed by atoms with van der Waals surface area (Å²) < 4.78 is 1.70. The SMILES string of the molecule is NCCNC(=O)C1CCCN(C(=O)c2cnn(Cc3ccccc3Cl)c2)C1. The Morgan fingerprint density at radius 3 is 2.93 bits per heavy atom. The van der Waals surface area contributed by atoms with E-state index in [1.165, 1.54) is 0 Å². The largest absolute Gasteiger partial charge is 0.355 e. The molecule has 27 heavy (non-hydrogen) atoms. The molecule has 1 unspecified atom stereocenters. The average Bonchev–Trinajstić information content (AvgIpc) is 3.16. The highest BCUT2D eigenvalue weighted by atomic mass is 35.5. The molecule has 3 N–H and O–H groups in total. The van der Waals surface area contributed by atoms with Gasteiger partial charge in [0.15, 0.2) is 0 Å². The summed E-state index contributed by atoms with van der Waals surface area (Å²) in [7, 11) is 0. The minimum Gasteiger partial charge on any atom is -0.355 e. The zero-order valence-corrected chi connectivity index (χ0v) is 15.9. The number of piperidine rings is 1. The summed E-state index contributed by atoms with van der Waals surface area (Å²) in [4.78, 5) is 26.7. The fourth-order valence-electron chi connectivity index (χ4n) is 3.26. The molecule has 1 fully saturated rings. The van der Waals surface area contributed by atoms with Crippen LogP contribution < -0.4 is 11.1 Å². The number of nitrogens with one attached hydrogen (secondary N) is 1. The number of carbonyl (C=O) groups excluding carboxylic acids is 2. The van der Waals surface area contributed by atoms with Crippen LogP contribution in [0.1, 0.15) is 28.8 Å². The third-order valence-corrected chi connectivity index (χ3v) is 5.06. The van der Waals surface area contributed by atoms with Gasteiger partial charge in [-0.3, -0.25) is 14.3 Å². The summed E-state index contributed by atoms with van der Waals surface area (Å²) in [5.74, 6) is -0.323. The van der Waals surface area contributed by atoms with Gasteiger partial charge in [0.05, 0.1) is 24.2 Å². The Labute approximate surface area is 163 Å². The summed E-state index contributed by atoms with van der Waals surface area (Å²) >= 11 is 6.19. The molecule has 0 radical (unpaired) electrons. The van der Waals surface area contributed by atoms with Crippen molar-refractivity contribution in [1.29, 1.82) is 0 Å². The molecule has 7 nitrogen and oxygen atoms in total. The number of amides is 2. The molecule has 144 valence electrons. The van der Waals surface area contributed by atoms with Crippen molar-refractivity contribution in [1.82, 2.24) is 20.0 Å². The lowest BCUT2D eigenvalue weighted by Crippen LogP contribution is -2.46. The van der Waals surface area contributed by atoms with Crippen LogP contribution in [0.3, 0.4) is 0 Å². The summed E-state index contributed by atoms with van der Waals surface area (Å²) in [5.41, 5.74) is 6.89. The Bertz CT molecular complexity index is 807. The maximum Gasteiger partial charge on any atom is 0.257 e. The Hall–Kier alpha value is -2.38. The van der Waals surface area contributed by atoms with E-state index >= 15 is 0 Å². The zero-order valence-electron chi connectivity index (χ0n) is 15.1. The number of carbonyl (C=O) groups is 2. The quantitative estimate of drug-likeness (QED) is 0.783. The van der Waals surface area contributed by atoms with Crippen molar-refractivity contribution in [3.63, 3.8) is 0 Å². The van der Waals surface area contributed by atoms with E-state index in [9.17, 15) is 9.59 Å². The first kappa shape index (κ1) is 19.4. The molecule has 2 aromatic rings. The maximum atomic E-state index is 12.8. The number of nitrogens with zero attached hydrogens (tertiary/aromatic N) is 3. The molecule has 0 aliphatic carbocycles. The number of hydrogen-bond acceptors (Lipinski definition) is 4. The highest BCUT2D eigenvalue weighted by molar-refractivity contribution is 6.31. The maximum absolute atomic E-state index is 12.8. The Morgan fingerprint density at radius 2 is 2.15 bits per heavy atom. The number of nitrogens with two attached hydrogens (primary N) is 1. The van der Waals surface area contributed by atoms with E-state index in [0.717, 1.165) is 18.4 Å². The van der Waals surface area contributed by atoms with Crippen LogP contribution in [0, 0.1) is 5.92 Å². The topological polar surface area (TPSA) is 93.2 Å². The number of likely N-dealkylation sites (tertiary alicyclic amines) is 1. The third kappa shape index (κ3) is 4.87. The van der Waals surface area contributed by atoms with Crippen molar-refractivity contribution in [2.45, 2.75) is 19.4 Å². The zero-order chi connectivity index (χ0) is 19.2. The second kappa shape index (κ2) is 9.01. The Kier molecular flexibility index (Phi) is 6.47. The van der Waals surface area contributed by atoms with Gasteiger partial charge in [-0.1, -0.05) is 29.8 Å². The molecule has 1 atom stereocenters. The van der Waals surface area contributed by atoms with Crippen molar-refractivity contribution in [2.75, 3.05) is 26.2 Å². The van der Waals surface area contributed by atoms with Gasteiger partial charge in [0, 0.05) is 37.4 Å². The summed E-state index contributed by atoms with van der Waals surface area (Å²) in [6, 6.07) is 7.55. The first-order valence-electron chi connectivity index (χ1n) is 9.11. The Morgan fingerprint density at radius 1 is 1.33 bits per heavy atom. The molecule has 3 rings (SSSR count). The Balaban J connectivity index is 1.63. The van der Waals surface area contributed by atoms with Crippen LogP contribution >= 0.6 is 11.6 Å². The first-order chi connectivity index (χ1) is 13.1. The lowest BCUT2D eigenvalue weighted by atomic mass is 9.96. The van der Waals surface area contributed by atoms with Gasteiger partial charge in [-0.25, -0.2) is 0 Å². The van der Waals surface area contributed by atoms with Gasteiger partial charge < -0.3 is 16.0 Å². The van der Waals surface area contributed by atoms with E-state index < -0.39 is 0 Å². The number of aromatic nitrogens is 2. The van der Waals surface area contributed by atoms with Gasteiger partial charge in [-0.2, -0.15) is 5.10 Å². The van der Waals surface area contributed by atoms with E-state index in [-0.39, 0.29) is 17.7 Å². The van der Waals surface area contributed by atoms with Crippen LogP contribution in [0.5, 0.6) is 0 Å². The van der Waals surface area contributed by atoms with Crippen molar-refractivity contribution in [3.8, 4) is 0 Å². The van der Waals surface area contributed by atoms with Gasteiger partial charge in [0.1, 0.15) is 0 Å². The summed E-state index contributed by atoms with van der Waals surface area (Å²) in [6.45, 7) is 2.43. The van der Waals surface area contributed by atoms with Crippen LogP contribution in [0.2, 0.25) is 5.02 Å². The lowest BCUT2D eigenvalue weighted by Gasteiger charge is -2.31. The summed E-state index contributed by atoms with van der Waals surface area (Å²) in [6.07, 6.45) is 4.88. The van der Waals surface area contributed by atoms with Gasteiger partial charge in [-0.15, -0.1) is 0 Å². The third-order valence-electron chi connectivity index (χ3n) is 4.69. The standard InChI is InChI=1S/C19H24ClN5O2/c20-17-6-2-1-4-14(17)12-25-13-16(10-23-25)19(27)24-9-3-5-15(11-24)18(26)22-8-7-21/h1-2,4,6,10,13,15H,3,5,7-9,11-12,21H2,(H,22,26). The van der Waals surface area contributed by atoms with E-state index in [1.54, 1.807) is 22.0 Å². The molecule has 0 bridgehead atoms. The van der Waals surface area contributed by atoms with E-state index in [0.29, 0.717) is 43.3 Å². The van der Waals surface area contributed by atoms with Gasteiger partial charge in [0.2, 0.25) is 5.91 Å². The van der Waals surface area contributed by atoms with Crippen LogP contribution in [0.4, 0.5) is 0 Å². The lowest BCUT2D eigenvalue weighted by molar-refractivity contribution is -0.126. The molecule has 0 saturated carbocycles. The average molecular weight is 390 g/mol. The van der Waals surface area contributed by atoms with Gasteiger partial charge in [0.25, 0.3) is 5.91 Å². The van der Waals surface area contributed by atoms with Gasteiger partial charge in [-0.05, 0) is 24.5 Å². The van der Waals surface area contributed by atoms with E-state index in [4.69, 9.17) is 17.3 Å². The molecular weight excluding hydrogens is 366 g/mol. The van der Waals surface area contributed by atoms with E-state index in [1.807, 2.05) is 24.3 Å².